The lowest BCUT2D eigenvalue weighted by Gasteiger charge is -2.19. The van der Waals surface area contributed by atoms with E-state index in [1.807, 2.05) is 48.5 Å². The Bertz CT molecular complexity index is 1260. The van der Waals surface area contributed by atoms with Gasteiger partial charge in [-0.1, -0.05) is 48.5 Å². The molecular weight excluding hydrogens is 476 g/mol. The fourth-order valence-corrected chi connectivity index (χ4v) is 4.14. The van der Waals surface area contributed by atoms with Crippen LogP contribution in [0.5, 0.6) is 0 Å². The Morgan fingerprint density at radius 3 is 2.05 bits per heavy atom. The molecule has 2 amide bonds. The number of fused-ring (bicyclic) bond motifs is 3. The summed E-state index contributed by atoms with van der Waals surface area (Å²) in [6, 6.07) is 14.6. The Balaban J connectivity index is 1.34. The molecule has 10 heteroatoms. The van der Waals surface area contributed by atoms with Gasteiger partial charge in [0.25, 0.3) is 0 Å². The van der Waals surface area contributed by atoms with E-state index in [0.717, 1.165) is 22.3 Å². The summed E-state index contributed by atoms with van der Waals surface area (Å²) in [5, 5.41) is 14.4. The van der Waals surface area contributed by atoms with Crippen molar-refractivity contribution >= 4 is 24.1 Å². The van der Waals surface area contributed by atoms with E-state index < -0.39 is 29.8 Å². The van der Waals surface area contributed by atoms with Crippen molar-refractivity contribution in [1.82, 2.24) is 15.3 Å². The smallest absolute Gasteiger partial charge is 0.414 e. The molecule has 192 valence electrons. The molecule has 0 bridgehead atoms. The highest BCUT2D eigenvalue weighted by Gasteiger charge is 2.30. The van der Waals surface area contributed by atoms with E-state index in [1.165, 1.54) is 12.4 Å². The Hall–Kier alpha value is -4.47. The SMILES string of the molecule is CC(C)(C)OC(=O)Nc1ncc(C[C@@H](NC(=O)OCC2c3ccccc3-c3ccccc32)C(=O)O)cn1. The molecule has 0 radical (unpaired) electrons. The lowest BCUT2D eigenvalue weighted by molar-refractivity contribution is -0.139. The number of ether oxygens (including phenoxy) is 2. The van der Waals surface area contributed by atoms with Crippen molar-refractivity contribution in [1.29, 1.82) is 0 Å². The summed E-state index contributed by atoms with van der Waals surface area (Å²) in [5.41, 5.74) is 4.08. The number of carboxylic acids is 1. The van der Waals surface area contributed by atoms with Gasteiger partial charge in [-0.15, -0.1) is 0 Å². The molecule has 10 nitrogen and oxygen atoms in total. The van der Waals surface area contributed by atoms with Gasteiger partial charge >= 0.3 is 18.2 Å². The first-order valence-corrected chi connectivity index (χ1v) is 11.8. The van der Waals surface area contributed by atoms with Crippen LogP contribution in [0, 0.1) is 0 Å². The third-order valence-electron chi connectivity index (χ3n) is 5.69. The summed E-state index contributed by atoms with van der Waals surface area (Å²) in [6.07, 6.45) is 1.12. The van der Waals surface area contributed by atoms with E-state index in [4.69, 9.17) is 9.47 Å². The summed E-state index contributed by atoms with van der Waals surface area (Å²) in [6.45, 7) is 5.25. The topological polar surface area (TPSA) is 140 Å². The van der Waals surface area contributed by atoms with Gasteiger partial charge in [0.1, 0.15) is 18.2 Å². The van der Waals surface area contributed by atoms with E-state index in [9.17, 15) is 19.5 Å². The summed E-state index contributed by atoms with van der Waals surface area (Å²) in [7, 11) is 0. The molecule has 0 fully saturated rings. The molecule has 2 aromatic carbocycles. The number of hydrogen-bond acceptors (Lipinski definition) is 7. The number of carbonyl (C=O) groups is 3. The van der Waals surface area contributed by atoms with Crippen LogP contribution in [0.15, 0.2) is 60.9 Å². The molecule has 0 saturated carbocycles. The molecule has 1 atom stereocenters. The van der Waals surface area contributed by atoms with Crippen LogP contribution in [0.3, 0.4) is 0 Å². The normalized spacial score (nSPS) is 13.2. The molecule has 3 aromatic rings. The lowest BCUT2D eigenvalue weighted by atomic mass is 9.98. The highest BCUT2D eigenvalue weighted by atomic mass is 16.6. The average Bonchev–Trinajstić information content (AvgIpc) is 3.16. The zero-order valence-corrected chi connectivity index (χ0v) is 20.7. The largest absolute Gasteiger partial charge is 0.480 e. The number of aliphatic carboxylic acids is 1. The molecule has 0 saturated heterocycles. The highest BCUT2D eigenvalue weighted by molar-refractivity contribution is 5.83. The number of nitrogens with zero attached hydrogens (tertiary/aromatic N) is 2. The van der Waals surface area contributed by atoms with Crippen molar-refractivity contribution < 1.29 is 29.0 Å². The fourth-order valence-electron chi connectivity index (χ4n) is 4.14. The third-order valence-corrected chi connectivity index (χ3v) is 5.69. The maximum Gasteiger partial charge on any atom is 0.414 e. The van der Waals surface area contributed by atoms with Gasteiger partial charge in [-0.25, -0.2) is 24.4 Å². The first-order chi connectivity index (χ1) is 17.6. The number of amides is 2. The van der Waals surface area contributed by atoms with Gasteiger partial charge < -0.3 is 19.9 Å². The van der Waals surface area contributed by atoms with Gasteiger partial charge in [-0.05, 0) is 48.6 Å². The predicted molar refractivity (Wildman–Crippen MR) is 135 cm³/mol. The minimum Gasteiger partial charge on any atom is -0.480 e. The maximum absolute atomic E-state index is 12.5. The maximum atomic E-state index is 12.5. The number of hydrogen-bond donors (Lipinski definition) is 3. The molecular formula is C27H28N4O6. The summed E-state index contributed by atoms with van der Waals surface area (Å²) < 4.78 is 10.6. The number of benzene rings is 2. The van der Waals surface area contributed by atoms with Crippen LogP contribution < -0.4 is 10.6 Å². The van der Waals surface area contributed by atoms with E-state index in [2.05, 4.69) is 20.6 Å². The van der Waals surface area contributed by atoms with Crippen LogP contribution in [0.2, 0.25) is 0 Å². The monoisotopic (exact) mass is 504 g/mol. The number of carboxylic acid groups (broad SMARTS) is 1. The number of anilines is 1. The van der Waals surface area contributed by atoms with Gasteiger partial charge in [0.15, 0.2) is 0 Å². The minimum atomic E-state index is -1.26. The van der Waals surface area contributed by atoms with E-state index in [-0.39, 0.29) is 24.9 Å². The van der Waals surface area contributed by atoms with Crippen molar-refractivity contribution in [3.63, 3.8) is 0 Å². The second kappa shape index (κ2) is 10.7. The van der Waals surface area contributed by atoms with Gasteiger partial charge in [0.05, 0.1) is 0 Å². The second-order valence-electron chi connectivity index (χ2n) is 9.61. The van der Waals surface area contributed by atoms with Crippen molar-refractivity contribution in [3.8, 4) is 11.1 Å². The van der Waals surface area contributed by atoms with Crippen LogP contribution in [-0.4, -0.2) is 51.5 Å². The molecule has 1 aliphatic rings. The lowest BCUT2D eigenvalue weighted by Crippen LogP contribution is -2.43. The van der Waals surface area contributed by atoms with Crippen LogP contribution in [0.4, 0.5) is 15.5 Å². The van der Waals surface area contributed by atoms with Crippen molar-refractivity contribution in [2.45, 2.75) is 44.8 Å². The second-order valence-corrected chi connectivity index (χ2v) is 9.61. The minimum absolute atomic E-state index is 0.00868. The Morgan fingerprint density at radius 1 is 0.946 bits per heavy atom. The van der Waals surface area contributed by atoms with Gasteiger partial charge in [-0.3, -0.25) is 5.32 Å². The molecule has 1 heterocycles. The standard InChI is InChI=1S/C27H28N4O6/c1-27(2,3)37-26(35)31-24-28-13-16(14-29-24)12-22(23(32)33)30-25(34)36-15-21-19-10-6-4-8-17(19)18-9-5-7-11-20(18)21/h4-11,13-14,21-22H,12,15H2,1-3H3,(H,30,34)(H,32,33)(H,28,29,31,35)/t22-/m1/s1. The average molecular weight is 505 g/mol. The molecule has 37 heavy (non-hydrogen) atoms. The van der Waals surface area contributed by atoms with Crippen LogP contribution in [-0.2, 0) is 20.7 Å². The quantitative estimate of drug-likeness (QED) is 0.431. The summed E-state index contributed by atoms with van der Waals surface area (Å²) >= 11 is 0. The molecule has 1 aliphatic carbocycles. The summed E-state index contributed by atoms with van der Waals surface area (Å²) in [5.74, 6) is -1.36. The van der Waals surface area contributed by atoms with Crippen LogP contribution in [0.1, 0.15) is 43.4 Å². The van der Waals surface area contributed by atoms with E-state index in [0.29, 0.717) is 5.56 Å². The van der Waals surface area contributed by atoms with Crippen molar-refractivity contribution in [3.05, 3.63) is 77.6 Å². The Kier molecular flexibility index (Phi) is 7.37. The van der Waals surface area contributed by atoms with Crippen LogP contribution >= 0.6 is 0 Å². The zero-order valence-electron chi connectivity index (χ0n) is 20.7. The highest BCUT2D eigenvalue weighted by Crippen LogP contribution is 2.44. The van der Waals surface area contributed by atoms with Gasteiger partial charge in [0, 0.05) is 24.7 Å². The number of rotatable bonds is 7. The summed E-state index contributed by atoms with van der Waals surface area (Å²) in [4.78, 5) is 44.2. The molecule has 4 rings (SSSR count). The van der Waals surface area contributed by atoms with E-state index in [1.54, 1.807) is 20.8 Å². The fraction of sp³-hybridized carbons (Fsp3) is 0.296. The van der Waals surface area contributed by atoms with E-state index >= 15 is 0 Å². The molecule has 1 aromatic heterocycles. The number of nitrogens with one attached hydrogen (secondary N) is 2. The zero-order chi connectivity index (χ0) is 26.6. The predicted octanol–water partition coefficient (Wildman–Crippen LogP) is 4.36. The molecule has 0 spiro atoms. The number of carbonyl (C=O) groups excluding carboxylic acids is 2. The van der Waals surface area contributed by atoms with Crippen molar-refractivity contribution in [2.24, 2.45) is 0 Å². The molecule has 0 aliphatic heterocycles. The first kappa shape index (κ1) is 25.6. The van der Waals surface area contributed by atoms with Crippen LogP contribution in [0.25, 0.3) is 11.1 Å². The Labute approximate surface area is 214 Å². The molecule has 0 unspecified atom stereocenters. The number of alkyl carbamates (subject to hydrolysis) is 1. The molecule has 3 N–H and O–H groups in total. The Morgan fingerprint density at radius 2 is 1.51 bits per heavy atom. The first-order valence-electron chi connectivity index (χ1n) is 11.8. The third kappa shape index (κ3) is 6.40. The van der Waals surface area contributed by atoms with Gasteiger partial charge in [0.2, 0.25) is 5.95 Å². The van der Waals surface area contributed by atoms with Crippen molar-refractivity contribution in [2.75, 3.05) is 11.9 Å². The van der Waals surface area contributed by atoms with Gasteiger partial charge in [-0.2, -0.15) is 0 Å². The number of aromatic nitrogens is 2.